The Morgan fingerprint density at radius 3 is 2.25 bits per heavy atom. The molecular weight excluding hydrogens is 474 g/mol. The Morgan fingerprint density at radius 2 is 1.65 bits per heavy atom. The average Bonchev–Trinajstić information content (AvgIpc) is 2.42. The molecule has 0 radical (unpaired) electrons. The monoisotopic (exact) mass is 481 g/mol. The Bertz CT molecular complexity index is 715. The number of hydrogen-bond donors (Lipinski definition) is 1. The minimum atomic E-state index is -3.62. The maximum absolute atomic E-state index is 12.4. The number of benzene rings is 2. The molecule has 2 aromatic carbocycles. The fourth-order valence-corrected chi connectivity index (χ4v) is 4.49. The van der Waals surface area contributed by atoms with Crippen molar-refractivity contribution in [2.75, 3.05) is 4.72 Å². The van der Waals surface area contributed by atoms with E-state index in [1.165, 1.54) is 0 Å². The maximum Gasteiger partial charge on any atom is 0.263 e. The highest BCUT2D eigenvalue weighted by Crippen LogP contribution is 2.27. The Morgan fingerprint density at radius 1 is 1.00 bits per heavy atom. The van der Waals surface area contributed by atoms with E-state index in [9.17, 15) is 8.42 Å². The van der Waals surface area contributed by atoms with E-state index in [0.29, 0.717) is 14.6 Å². The van der Waals surface area contributed by atoms with Crippen LogP contribution in [0, 0.1) is 0 Å². The number of hydrogen-bond acceptors (Lipinski definition) is 2. The molecule has 0 spiro atoms. The lowest BCUT2D eigenvalue weighted by Gasteiger charge is -2.10. The van der Waals surface area contributed by atoms with E-state index in [1.54, 1.807) is 30.3 Å². The summed E-state index contributed by atoms with van der Waals surface area (Å²) in [7, 11) is -3.62. The Hall–Kier alpha value is -0.370. The van der Waals surface area contributed by atoms with Crippen LogP contribution in [-0.2, 0) is 15.4 Å². The summed E-state index contributed by atoms with van der Waals surface area (Å²) in [5, 5.41) is 0.733. The van der Waals surface area contributed by atoms with Crippen molar-refractivity contribution in [1.29, 1.82) is 0 Å². The Kier molecular flexibility index (Phi) is 5.28. The van der Waals surface area contributed by atoms with E-state index in [-0.39, 0.29) is 4.90 Å². The van der Waals surface area contributed by atoms with Gasteiger partial charge in [-0.1, -0.05) is 44.0 Å². The highest BCUT2D eigenvalue weighted by Gasteiger charge is 2.18. The second-order valence-electron chi connectivity index (χ2n) is 4.01. The van der Waals surface area contributed by atoms with Gasteiger partial charge in [0.1, 0.15) is 4.90 Å². The van der Waals surface area contributed by atoms with Crippen molar-refractivity contribution in [1.82, 2.24) is 0 Å². The number of sulfonamides is 1. The fraction of sp³-hybridized carbons (Fsp3) is 0.0769. The summed E-state index contributed by atoms with van der Waals surface area (Å²) < 4.78 is 28.5. The first-order valence-electron chi connectivity index (χ1n) is 5.55. The van der Waals surface area contributed by atoms with Crippen LogP contribution in [0.3, 0.4) is 0 Å². The molecule has 0 bridgehead atoms. The summed E-state index contributed by atoms with van der Waals surface area (Å²) >= 11 is 9.88. The minimum absolute atomic E-state index is 0.191. The molecule has 2 aromatic rings. The van der Waals surface area contributed by atoms with Crippen LogP contribution in [0.4, 0.5) is 5.69 Å². The molecule has 20 heavy (non-hydrogen) atoms. The predicted octanol–water partition coefficient (Wildman–Crippen LogP) is 4.91. The van der Waals surface area contributed by atoms with Crippen molar-refractivity contribution >= 4 is 63.5 Å². The summed E-state index contributed by atoms with van der Waals surface area (Å²) in [5.41, 5.74) is 1.61. The molecule has 0 aliphatic heterocycles. The van der Waals surface area contributed by atoms with Gasteiger partial charge in [0.15, 0.2) is 0 Å². The van der Waals surface area contributed by atoms with Crippen LogP contribution in [-0.4, -0.2) is 8.42 Å². The molecule has 0 saturated carbocycles. The molecule has 0 saturated heterocycles. The molecule has 106 valence electrons. The zero-order chi connectivity index (χ0) is 14.8. The van der Waals surface area contributed by atoms with Gasteiger partial charge in [0.2, 0.25) is 0 Å². The van der Waals surface area contributed by atoms with Gasteiger partial charge < -0.3 is 0 Å². The van der Waals surface area contributed by atoms with Crippen molar-refractivity contribution in [3.8, 4) is 0 Å². The van der Waals surface area contributed by atoms with E-state index in [2.05, 4.69) is 52.5 Å². The van der Waals surface area contributed by atoms with Crippen LogP contribution in [0.25, 0.3) is 0 Å². The smallest absolute Gasteiger partial charge is 0.263 e. The molecule has 3 nitrogen and oxygen atoms in total. The number of rotatable bonds is 4. The molecule has 0 fully saturated rings. The molecule has 7 heteroatoms. The first kappa shape index (κ1) is 16.0. The third-order valence-corrected chi connectivity index (χ3v) is 6.06. The van der Waals surface area contributed by atoms with Gasteiger partial charge in [-0.05, 0) is 51.8 Å². The number of halogens is 3. The van der Waals surface area contributed by atoms with Gasteiger partial charge in [-0.15, -0.1) is 0 Å². The molecule has 1 N–H and O–H groups in total. The van der Waals surface area contributed by atoms with Crippen molar-refractivity contribution < 1.29 is 8.42 Å². The van der Waals surface area contributed by atoms with Gasteiger partial charge in [-0.2, -0.15) is 0 Å². The molecule has 0 heterocycles. The summed E-state index contributed by atoms with van der Waals surface area (Å²) in [6.45, 7) is 0. The van der Waals surface area contributed by atoms with Gasteiger partial charge in [0.05, 0.1) is 0 Å². The van der Waals surface area contributed by atoms with Gasteiger partial charge >= 0.3 is 0 Å². The Balaban J connectivity index is 2.32. The van der Waals surface area contributed by atoms with Gasteiger partial charge in [-0.3, -0.25) is 4.72 Å². The standard InChI is InChI=1S/C13H10Br3NO2S/c14-8-9-1-4-11(5-2-9)17-20(18,19)13-7-10(15)3-6-12(13)16/h1-7,17H,8H2. The van der Waals surface area contributed by atoms with E-state index < -0.39 is 10.0 Å². The number of alkyl halides is 1. The minimum Gasteiger partial charge on any atom is -0.280 e. The highest BCUT2D eigenvalue weighted by atomic mass is 79.9. The molecule has 0 unspecified atom stereocenters. The topological polar surface area (TPSA) is 46.2 Å². The molecule has 0 aliphatic rings. The molecule has 0 aromatic heterocycles. The zero-order valence-corrected chi connectivity index (χ0v) is 15.7. The van der Waals surface area contributed by atoms with Gasteiger partial charge in [0.25, 0.3) is 10.0 Å². The molecule has 2 rings (SSSR count). The van der Waals surface area contributed by atoms with E-state index in [4.69, 9.17) is 0 Å². The summed E-state index contributed by atoms with van der Waals surface area (Å²) in [6, 6.07) is 12.2. The number of anilines is 1. The number of nitrogens with one attached hydrogen (secondary N) is 1. The lowest BCUT2D eigenvalue weighted by atomic mass is 10.2. The molecular formula is C13H10Br3NO2S. The van der Waals surface area contributed by atoms with Crippen molar-refractivity contribution in [3.05, 3.63) is 57.0 Å². The van der Waals surface area contributed by atoms with E-state index in [1.807, 2.05) is 12.1 Å². The average molecular weight is 484 g/mol. The lowest BCUT2D eigenvalue weighted by molar-refractivity contribution is 0.600. The van der Waals surface area contributed by atoms with Crippen molar-refractivity contribution in [2.24, 2.45) is 0 Å². The Labute approximate surface area is 143 Å². The zero-order valence-electron chi connectivity index (χ0n) is 10.1. The summed E-state index contributed by atoms with van der Waals surface area (Å²) in [5.74, 6) is 0. The quantitative estimate of drug-likeness (QED) is 0.628. The molecule has 0 aliphatic carbocycles. The first-order chi connectivity index (χ1) is 9.42. The van der Waals surface area contributed by atoms with Gasteiger partial charge in [-0.25, -0.2) is 8.42 Å². The first-order valence-corrected chi connectivity index (χ1v) is 9.74. The molecule has 0 atom stereocenters. The van der Waals surface area contributed by atoms with Gasteiger partial charge in [0, 0.05) is 20.0 Å². The second-order valence-corrected chi connectivity index (χ2v) is 7.99. The third-order valence-electron chi connectivity index (χ3n) is 2.54. The lowest BCUT2D eigenvalue weighted by Crippen LogP contribution is -2.13. The van der Waals surface area contributed by atoms with Crippen LogP contribution in [0.2, 0.25) is 0 Å². The summed E-state index contributed by atoms with van der Waals surface area (Å²) in [4.78, 5) is 0.191. The van der Waals surface area contributed by atoms with Crippen LogP contribution in [0.5, 0.6) is 0 Å². The van der Waals surface area contributed by atoms with Crippen molar-refractivity contribution in [3.63, 3.8) is 0 Å². The fourth-order valence-electron chi connectivity index (χ4n) is 1.56. The maximum atomic E-state index is 12.4. The van der Waals surface area contributed by atoms with Crippen LogP contribution in [0.15, 0.2) is 56.3 Å². The van der Waals surface area contributed by atoms with Crippen LogP contribution < -0.4 is 4.72 Å². The SMILES string of the molecule is O=S(=O)(Nc1ccc(CBr)cc1)c1cc(Br)ccc1Br. The normalized spacial score (nSPS) is 11.3. The van der Waals surface area contributed by atoms with Crippen LogP contribution in [0.1, 0.15) is 5.56 Å². The van der Waals surface area contributed by atoms with E-state index in [0.717, 1.165) is 10.9 Å². The largest absolute Gasteiger partial charge is 0.280 e. The third kappa shape index (κ3) is 3.84. The van der Waals surface area contributed by atoms with E-state index >= 15 is 0 Å². The highest BCUT2D eigenvalue weighted by molar-refractivity contribution is 9.11. The summed E-state index contributed by atoms with van der Waals surface area (Å²) in [6.07, 6.45) is 0. The molecule has 0 amide bonds. The van der Waals surface area contributed by atoms with Crippen LogP contribution >= 0.6 is 47.8 Å². The second kappa shape index (κ2) is 6.60. The predicted molar refractivity (Wildman–Crippen MR) is 91.7 cm³/mol. The van der Waals surface area contributed by atoms with Crippen molar-refractivity contribution in [2.45, 2.75) is 10.2 Å².